The maximum Gasteiger partial charge on any atom is 0.126 e. The molecule has 0 aromatic heterocycles. The highest BCUT2D eigenvalue weighted by molar-refractivity contribution is 5.21. The molecule has 2 heteroatoms. The highest BCUT2D eigenvalue weighted by atomic mass is 19.1. The fourth-order valence-electron chi connectivity index (χ4n) is 2.81. The van der Waals surface area contributed by atoms with Gasteiger partial charge >= 0.3 is 0 Å². The summed E-state index contributed by atoms with van der Waals surface area (Å²) < 4.78 is 18.0. The number of allylic oxidation sites excluding steroid dienone is 2. The van der Waals surface area contributed by atoms with Crippen LogP contribution in [0.5, 0.6) is 0 Å². The SMILES string of the molecule is CC1=CCC(C)CC1.CC1CCC(C)OC1.Cc1ccc(C)c(F)c1. The summed E-state index contributed by atoms with van der Waals surface area (Å²) in [6.07, 6.45) is 9.54. The van der Waals surface area contributed by atoms with E-state index in [2.05, 4.69) is 33.8 Å². The summed E-state index contributed by atoms with van der Waals surface area (Å²) in [7, 11) is 0. The van der Waals surface area contributed by atoms with Gasteiger partial charge in [-0.3, -0.25) is 0 Å². The monoisotopic (exact) mass is 348 g/mol. The molecule has 0 spiro atoms. The van der Waals surface area contributed by atoms with E-state index in [-0.39, 0.29) is 5.82 Å². The Labute approximate surface area is 154 Å². The van der Waals surface area contributed by atoms with Gasteiger partial charge < -0.3 is 4.74 Å². The predicted octanol–water partition coefficient (Wildman–Crippen LogP) is 7.02. The topological polar surface area (TPSA) is 9.23 Å². The maximum atomic E-state index is 12.6. The van der Waals surface area contributed by atoms with E-state index in [4.69, 9.17) is 4.74 Å². The van der Waals surface area contributed by atoms with Crippen molar-refractivity contribution < 1.29 is 9.13 Å². The number of benzene rings is 1. The fourth-order valence-corrected chi connectivity index (χ4v) is 2.81. The van der Waals surface area contributed by atoms with Gasteiger partial charge in [-0.2, -0.15) is 0 Å². The van der Waals surface area contributed by atoms with Crippen LogP contribution in [-0.2, 0) is 4.74 Å². The lowest BCUT2D eigenvalue weighted by atomic mass is 9.92. The first-order valence-electron chi connectivity index (χ1n) is 9.78. The number of rotatable bonds is 0. The summed E-state index contributed by atoms with van der Waals surface area (Å²) in [6.45, 7) is 13.5. The highest BCUT2D eigenvalue weighted by Gasteiger charge is 2.13. The van der Waals surface area contributed by atoms with Crippen LogP contribution in [0.4, 0.5) is 4.39 Å². The molecule has 142 valence electrons. The third-order valence-electron chi connectivity index (χ3n) is 4.96. The first kappa shape index (κ1) is 21.9. The molecule has 1 aromatic rings. The van der Waals surface area contributed by atoms with Crippen molar-refractivity contribution in [2.75, 3.05) is 6.61 Å². The number of halogens is 1. The molecule has 3 atom stereocenters. The summed E-state index contributed by atoms with van der Waals surface area (Å²) in [5.41, 5.74) is 3.27. The van der Waals surface area contributed by atoms with E-state index >= 15 is 0 Å². The zero-order valence-corrected chi connectivity index (χ0v) is 17.1. The first-order chi connectivity index (χ1) is 11.8. The molecule has 0 radical (unpaired) electrons. The second kappa shape index (κ2) is 11.5. The van der Waals surface area contributed by atoms with Gasteiger partial charge in [-0.05, 0) is 88.8 Å². The summed E-state index contributed by atoms with van der Waals surface area (Å²) in [5.74, 6) is 1.62. The van der Waals surface area contributed by atoms with Crippen LogP contribution in [-0.4, -0.2) is 12.7 Å². The molecule has 1 aliphatic heterocycles. The van der Waals surface area contributed by atoms with Crippen LogP contribution in [0.2, 0.25) is 0 Å². The highest BCUT2D eigenvalue weighted by Crippen LogP contribution is 2.21. The molecule has 1 saturated heterocycles. The second-order valence-electron chi connectivity index (χ2n) is 8.01. The van der Waals surface area contributed by atoms with E-state index in [1.807, 2.05) is 13.0 Å². The van der Waals surface area contributed by atoms with Gasteiger partial charge in [-0.25, -0.2) is 4.39 Å². The molecule has 2 aliphatic rings. The van der Waals surface area contributed by atoms with Crippen LogP contribution in [0.3, 0.4) is 0 Å². The summed E-state index contributed by atoms with van der Waals surface area (Å²) in [4.78, 5) is 0. The van der Waals surface area contributed by atoms with Crippen molar-refractivity contribution in [1.29, 1.82) is 0 Å². The predicted molar refractivity (Wildman–Crippen MR) is 106 cm³/mol. The van der Waals surface area contributed by atoms with Crippen LogP contribution in [0.15, 0.2) is 29.8 Å². The van der Waals surface area contributed by atoms with Gasteiger partial charge in [0.1, 0.15) is 5.82 Å². The lowest BCUT2D eigenvalue weighted by molar-refractivity contribution is 0.000267. The van der Waals surface area contributed by atoms with E-state index in [0.29, 0.717) is 11.7 Å². The van der Waals surface area contributed by atoms with Crippen molar-refractivity contribution in [3.63, 3.8) is 0 Å². The standard InChI is InChI=1S/C8H9F.C8H14.C7H14O/c1-6-3-4-7(2)8(9)5-6;1-7-3-5-8(2)6-4-7;1-6-3-4-7(2)8-5-6/h3-5H,1-2H3;3,8H,4-6H2,1-2H3;6-7H,3-5H2,1-2H3. The van der Waals surface area contributed by atoms with E-state index in [1.165, 1.54) is 38.2 Å². The zero-order chi connectivity index (χ0) is 18.8. The van der Waals surface area contributed by atoms with Crippen molar-refractivity contribution in [3.05, 3.63) is 46.8 Å². The zero-order valence-electron chi connectivity index (χ0n) is 17.1. The van der Waals surface area contributed by atoms with Gasteiger partial charge in [-0.1, -0.05) is 37.6 Å². The molecule has 1 aromatic carbocycles. The summed E-state index contributed by atoms with van der Waals surface area (Å²) in [6, 6.07) is 5.22. The van der Waals surface area contributed by atoms with Crippen molar-refractivity contribution in [2.45, 2.75) is 79.8 Å². The van der Waals surface area contributed by atoms with Crippen LogP contribution < -0.4 is 0 Å². The van der Waals surface area contributed by atoms with Crippen LogP contribution >= 0.6 is 0 Å². The fraction of sp³-hybridized carbons (Fsp3) is 0.652. The average molecular weight is 349 g/mol. The van der Waals surface area contributed by atoms with Gasteiger partial charge in [0.2, 0.25) is 0 Å². The van der Waals surface area contributed by atoms with Crippen molar-refractivity contribution in [1.82, 2.24) is 0 Å². The minimum Gasteiger partial charge on any atom is -0.378 e. The molecule has 1 aliphatic carbocycles. The average Bonchev–Trinajstić information content (AvgIpc) is 2.58. The van der Waals surface area contributed by atoms with E-state index in [9.17, 15) is 4.39 Å². The number of hydrogen-bond donors (Lipinski definition) is 0. The Morgan fingerprint density at radius 2 is 1.68 bits per heavy atom. The third kappa shape index (κ3) is 9.79. The van der Waals surface area contributed by atoms with Gasteiger partial charge in [0.05, 0.1) is 6.10 Å². The third-order valence-corrected chi connectivity index (χ3v) is 4.96. The largest absolute Gasteiger partial charge is 0.378 e. The molecular weight excluding hydrogens is 311 g/mol. The Morgan fingerprint density at radius 3 is 2.08 bits per heavy atom. The van der Waals surface area contributed by atoms with E-state index in [1.54, 1.807) is 18.6 Å². The van der Waals surface area contributed by atoms with E-state index < -0.39 is 0 Å². The Kier molecular flexibility index (Phi) is 10.0. The Hall–Kier alpha value is -1.15. The quantitative estimate of drug-likeness (QED) is 0.458. The molecular formula is C23H37FO. The molecule has 25 heavy (non-hydrogen) atoms. The van der Waals surface area contributed by atoms with Gasteiger partial charge in [0.25, 0.3) is 0 Å². The smallest absolute Gasteiger partial charge is 0.126 e. The Balaban J connectivity index is 0.000000188. The minimum atomic E-state index is -0.116. The molecule has 3 rings (SSSR count). The number of ether oxygens (including phenoxy) is 1. The van der Waals surface area contributed by atoms with Crippen molar-refractivity contribution >= 4 is 0 Å². The Morgan fingerprint density at radius 1 is 0.960 bits per heavy atom. The van der Waals surface area contributed by atoms with Gasteiger partial charge in [0.15, 0.2) is 0 Å². The molecule has 3 unspecified atom stereocenters. The molecule has 1 heterocycles. The summed E-state index contributed by atoms with van der Waals surface area (Å²) in [5, 5.41) is 0. The van der Waals surface area contributed by atoms with Crippen molar-refractivity contribution in [3.8, 4) is 0 Å². The molecule has 1 nitrogen and oxygen atoms in total. The van der Waals surface area contributed by atoms with E-state index in [0.717, 1.165) is 24.0 Å². The normalized spacial score (nSPS) is 25.7. The molecule has 1 fully saturated rings. The summed E-state index contributed by atoms with van der Waals surface area (Å²) >= 11 is 0. The molecule has 0 N–H and O–H groups in total. The number of hydrogen-bond acceptors (Lipinski definition) is 1. The lowest BCUT2D eigenvalue weighted by Crippen LogP contribution is -2.21. The first-order valence-corrected chi connectivity index (χ1v) is 9.78. The second-order valence-corrected chi connectivity index (χ2v) is 8.01. The maximum absolute atomic E-state index is 12.6. The number of aryl methyl sites for hydroxylation is 2. The Bertz CT molecular complexity index is 517. The van der Waals surface area contributed by atoms with Crippen LogP contribution in [0, 0.1) is 31.5 Å². The molecule has 0 amide bonds. The molecule has 0 saturated carbocycles. The van der Waals surface area contributed by atoms with Gasteiger partial charge in [-0.15, -0.1) is 0 Å². The van der Waals surface area contributed by atoms with Gasteiger partial charge in [0, 0.05) is 6.61 Å². The minimum absolute atomic E-state index is 0.116. The van der Waals surface area contributed by atoms with Crippen LogP contribution in [0.1, 0.15) is 70.9 Å². The lowest BCUT2D eigenvalue weighted by Gasteiger charge is -2.23. The van der Waals surface area contributed by atoms with Crippen molar-refractivity contribution in [2.24, 2.45) is 11.8 Å². The van der Waals surface area contributed by atoms with Crippen LogP contribution in [0.25, 0.3) is 0 Å². The molecule has 0 bridgehead atoms.